The number of pyridine rings is 1. The standard InChI is InChI=1S/C15H25N3O/c1-19-13-14-4-8-18(9-5-14)10-7-17-12-15-3-2-6-16-11-15/h2-3,6,11,14,17H,4-5,7-10,12-13H2,1H3. The second-order valence-corrected chi connectivity index (χ2v) is 5.28. The van der Waals surface area contributed by atoms with Gasteiger partial charge in [-0.25, -0.2) is 0 Å². The molecule has 1 aliphatic heterocycles. The monoisotopic (exact) mass is 263 g/mol. The summed E-state index contributed by atoms with van der Waals surface area (Å²) in [6.45, 7) is 6.44. The van der Waals surface area contributed by atoms with Crippen LogP contribution in [0.4, 0.5) is 0 Å². The number of methoxy groups -OCH3 is 1. The zero-order chi connectivity index (χ0) is 13.3. The number of likely N-dealkylation sites (tertiary alicyclic amines) is 1. The molecule has 1 aromatic heterocycles. The van der Waals surface area contributed by atoms with Crippen molar-refractivity contribution >= 4 is 0 Å². The van der Waals surface area contributed by atoms with Crippen LogP contribution >= 0.6 is 0 Å². The fraction of sp³-hybridized carbons (Fsp3) is 0.667. The molecule has 1 saturated heterocycles. The van der Waals surface area contributed by atoms with Gasteiger partial charge < -0.3 is 15.0 Å². The Hall–Kier alpha value is -0.970. The highest BCUT2D eigenvalue weighted by Crippen LogP contribution is 2.16. The molecule has 1 N–H and O–H groups in total. The quantitative estimate of drug-likeness (QED) is 0.757. The maximum absolute atomic E-state index is 5.23. The lowest BCUT2D eigenvalue weighted by molar-refractivity contribution is 0.0998. The van der Waals surface area contributed by atoms with Crippen molar-refractivity contribution in [2.75, 3.05) is 39.9 Å². The van der Waals surface area contributed by atoms with Crippen molar-refractivity contribution in [1.29, 1.82) is 0 Å². The molecule has 0 radical (unpaired) electrons. The van der Waals surface area contributed by atoms with Gasteiger partial charge in [0.05, 0.1) is 0 Å². The van der Waals surface area contributed by atoms with Crippen LogP contribution in [-0.4, -0.2) is 49.8 Å². The summed E-state index contributed by atoms with van der Waals surface area (Å²) in [6.07, 6.45) is 6.28. The van der Waals surface area contributed by atoms with E-state index in [2.05, 4.69) is 21.3 Å². The van der Waals surface area contributed by atoms with Gasteiger partial charge in [0.25, 0.3) is 0 Å². The summed E-state index contributed by atoms with van der Waals surface area (Å²) in [5, 5.41) is 3.48. The molecule has 0 unspecified atom stereocenters. The van der Waals surface area contributed by atoms with Crippen LogP contribution < -0.4 is 5.32 Å². The lowest BCUT2D eigenvalue weighted by Gasteiger charge is -2.31. The minimum atomic E-state index is 0.768. The number of hydrogen-bond donors (Lipinski definition) is 1. The van der Waals surface area contributed by atoms with Crippen LogP contribution in [0.2, 0.25) is 0 Å². The molecule has 2 rings (SSSR count). The molecule has 0 spiro atoms. The Morgan fingerprint density at radius 2 is 2.26 bits per heavy atom. The summed E-state index contributed by atoms with van der Waals surface area (Å²) in [6, 6.07) is 4.09. The van der Waals surface area contributed by atoms with E-state index >= 15 is 0 Å². The second-order valence-electron chi connectivity index (χ2n) is 5.28. The second kappa shape index (κ2) is 8.25. The minimum Gasteiger partial charge on any atom is -0.384 e. The van der Waals surface area contributed by atoms with E-state index < -0.39 is 0 Å². The van der Waals surface area contributed by atoms with Crippen LogP contribution in [0.25, 0.3) is 0 Å². The van der Waals surface area contributed by atoms with Crippen LogP contribution in [0.1, 0.15) is 18.4 Å². The van der Waals surface area contributed by atoms with Crippen molar-refractivity contribution in [3.63, 3.8) is 0 Å². The van der Waals surface area contributed by atoms with E-state index in [1.807, 2.05) is 18.5 Å². The van der Waals surface area contributed by atoms with Gasteiger partial charge in [-0.3, -0.25) is 4.98 Å². The van der Waals surface area contributed by atoms with Gasteiger partial charge in [0, 0.05) is 45.7 Å². The average Bonchev–Trinajstić information content (AvgIpc) is 2.47. The van der Waals surface area contributed by atoms with Crippen molar-refractivity contribution in [2.24, 2.45) is 5.92 Å². The molecule has 1 aliphatic rings. The topological polar surface area (TPSA) is 37.4 Å². The normalized spacial score (nSPS) is 17.7. The smallest absolute Gasteiger partial charge is 0.0491 e. The van der Waals surface area contributed by atoms with Gasteiger partial charge in [-0.15, -0.1) is 0 Å². The molecule has 0 aromatic carbocycles. The van der Waals surface area contributed by atoms with E-state index in [0.29, 0.717) is 0 Å². The largest absolute Gasteiger partial charge is 0.384 e. The van der Waals surface area contributed by atoms with Gasteiger partial charge in [-0.05, 0) is 43.5 Å². The summed E-state index contributed by atoms with van der Waals surface area (Å²) in [5.74, 6) is 0.768. The van der Waals surface area contributed by atoms with Crippen LogP contribution in [0, 0.1) is 5.92 Å². The molecule has 4 heteroatoms. The molecule has 0 bridgehead atoms. The number of aromatic nitrogens is 1. The highest BCUT2D eigenvalue weighted by Gasteiger charge is 2.18. The van der Waals surface area contributed by atoms with Crippen molar-refractivity contribution in [3.05, 3.63) is 30.1 Å². The third-order valence-corrected chi connectivity index (χ3v) is 3.77. The summed E-state index contributed by atoms with van der Waals surface area (Å²) < 4.78 is 5.23. The molecule has 19 heavy (non-hydrogen) atoms. The molecule has 106 valence electrons. The first-order valence-corrected chi connectivity index (χ1v) is 7.19. The zero-order valence-corrected chi connectivity index (χ0v) is 11.8. The fourth-order valence-electron chi connectivity index (χ4n) is 2.59. The first-order chi connectivity index (χ1) is 9.38. The number of nitrogens with one attached hydrogen (secondary N) is 1. The van der Waals surface area contributed by atoms with Crippen LogP contribution in [0.15, 0.2) is 24.5 Å². The minimum absolute atomic E-state index is 0.768. The highest BCUT2D eigenvalue weighted by molar-refractivity contribution is 5.07. The summed E-state index contributed by atoms with van der Waals surface area (Å²) in [4.78, 5) is 6.66. The number of rotatable bonds is 7. The molecule has 1 fully saturated rings. The Labute approximate surface area is 116 Å². The van der Waals surface area contributed by atoms with Gasteiger partial charge in [-0.2, -0.15) is 0 Å². The number of nitrogens with zero attached hydrogens (tertiary/aromatic N) is 2. The summed E-state index contributed by atoms with van der Waals surface area (Å²) in [7, 11) is 1.80. The predicted molar refractivity (Wildman–Crippen MR) is 77.0 cm³/mol. The van der Waals surface area contributed by atoms with Gasteiger partial charge in [0.15, 0.2) is 0 Å². The Morgan fingerprint density at radius 1 is 1.42 bits per heavy atom. The van der Waals surface area contributed by atoms with E-state index in [1.54, 1.807) is 7.11 Å². The molecule has 0 amide bonds. The average molecular weight is 263 g/mol. The first kappa shape index (κ1) is 14.4. The van der Waals surface area contributed by atoms with Crippen LogP contribution in [0.3, 0.4) is 0 Å². The van der Waals surface area contributed by atoms with Crippen molar-refractivity contribution < 1.29 is 4.74 Å². The molecule has 0 atom stereocenters. The Balaban J connectivity index is 1.55. The van der Waals surface area contributed by atoms with Gasteiger partial charge in [0.1, 0.15) is 0 Å². The van der Waals surface area contributed by atoms with Crippen LogP contribution in [-0.2, 0) is 11.3 Å². The lowest BCUT2D eigenvalue weighted by Crippen LogP contribution is -2.39. The molecule has 0 saturated carbocycles. The number of piperidine rings is 1. The first-order valence-electron chi connectivity index (χ1n) is 7.19. The lowest BCUT2D eigenvalue weighted by atomic mass is 9.98. The Bertz CT molecular complexity index is 337. The Kier molecular flexibility index (Phi) is 6.27. The van der Waals surface area contributed by atoms with Crippen molar-refractivity contribution in [2.45, 2.75) is 19.4 Å². The number of ether oxygens (including phenoxy) is 1. The SMILES string of the molecule is COCC1CCN(CCNCc2cccnc2)CC1. The summed E-state index contributed by atoms with van der Waals surface area (Å²) in [5.41, 5.74) is 1.25. The predicted octanol–water partition coefficient (Wildman–Crippen LogP) is 1.53. The van der Waals surface area contributed by atoms with E-state index in [4.69, 9.17) is 4.74 Å². The van der Waals surface area contributed by atoms with Gasteiger partial charge in [0.2, 0.25) is 0 Å². The molecular formula is C15H25N3O. The molecule has 4 nitrogen and oxygen atoms in total. The number of hydrogen-bond acceptors (Lipinski definition) is 4. The maximum atomic E-state index is 5.23. The van der Waals surface area contributed by atoms with Gasteiger partial charge >= 0.3 is 0 Å². The van der Waals surface area contributed by atoms with E-state index in [0.717, 1.165) is 32.2 Å². The molecule has 2 heterocycles. The third kappa shape index (κ3) is 5.27. The van der Waals surface area contributed by atoms with Crippen LogP contribution in [0.5, 0.6) is 0 Å². The van der Waals surface area contributed by atoms with E-state index in [9.17, 15) is 0 Å². The summed E-state index contributed by atoms with van der Waals surface area (Å²) >= 11 is 0. The molecular weight excluding hydrogens is 238 g/mol. The Morgan fingerprint density at radius 3 is 2.95 bits per heavy atom. The van der Waals surface area contributed by atoms with Crippen molar-refractivity contribution in [1.82, 2.24) is 15.2 Å². The fourth-order valence-corrected chi connectivity index (χ4v) is 2.59. The highest BCUT2D eigenvalue weighted by atomic mass is 16.5. The van der Waals surface area contributed by atoms with E-state index in [-0.39, 0.29) is 0 Å². The molecule has 0 aliphatic carbocycles. The van der Waals surface area contributed by atoms with Crippen molar-refractivity contribution in [3.8, 4) is 0 Å². The van der Waals surface area contributed by atoms with Gasteiger partial charge in [-0.1, -0.05) is 6.07 Å². The molecule has 1 aromatic rings. The zero-order valence-electron chi connectivity index (χ0n) is 11.8. The van der Waals surface area contributed by atoms with E-state index in [1.165, 1.54) is 31.5 Å². The maximum Gasteiger partial charge on any atom is 0.0491 e. The third-order valence-electron chi connectivity index (χ3n) is 3.77.